The van der Waals surface area contributed by atoms with E-state index in [1.54, 1.807) is 18.1 Å². The van der Waals surface area contributed by atoms with Gasteiger partial charge >= 0.3 is 5.97 Å². The van der Waals surface area contributed by atoms with Gasteiger partial charge in [0, 0.05) is 44.9 Å². The molecule has 2 saturated heterocycles. The second-order valence-electron chi connectivity index (χ2n) is 6.48. The highest BCUT2D eigenvalue weighted by atomic mass is 16.4. The van der Waals surface area contributed by atoms with Crippen molar-refractivity contribution in [2.45, 2.75) is 31.3 Å². The number of nitrogens with two attached hydrogens (primary N) is 1. The molecule has 0 saturated carbocycles. The minimum atomic E-state index is -0.868. The van der Waals surface area contributed by atoms with Crippen LogP contribution in [0.15, 0.2) is 18.3 Å². The summed E-state index contributed by atoms with van der Waals surface area (Å²) >= 11 is 0. The van der Waals surface area contributed by atoms with Gasteiger partial charge in [-0.3, -0.25) is 14.5 Å². The minimum absolute atomic E-state index is 0.0673. The fourth-order valence-electron chi connectivity index (χ4n) is 3.91. The van der Waals surface area contributed by atoms with Crippen LogP contribution in [0, 0.1) is 5.92 Å². The number of anilines is 1. The van der Waals surface area contributed by atoms with Gasteiger partial charge in [-0.05, 0) is 18.9 Å². The molecule has 0 radical (unpaired) electrons. The van der Waals surface area contributed by atoms with Gasteiger partial charge in [0.1, 0.15) is 5.82 Å². The van der Waals surface area contributed by atoms with E-state index in [1.165, 1.54) is 0 Å². The molecular formula is C16H22N4O3. The molecule has 23 heavy (non-hydrogen) atoms. The number of pyridine rings is 1. The van der Waals surface area contributed by atoms with E-state index in [2.05, 4.69) is 9.88 Å². The summed E-state index contributed by atoms with van der Waals surface area (Å²) in [5.74, 6) is -1.01. The van der Waals surface area contributed by atoms with E-state index in [0.717, 1.165) is 18.7 Å². The highest BCUT2D eigenvalue weighted by Gasteiger charge is 2.55. The van der Waals surface area contributed by atoms with Gasteiger partial charge in [-0.25, -0.2) is 4.98 Å². The van der Waals surface area contributed by atoms with E-state index >= 15 is 0 Å². The van der Waals surface area contributed by atoms with E-state index in [0.29, 0.717) is 25.2 Å². The molecule has 1 spiro atoms. The number of carboxylic acid groups (broad SMARTS) is 1. The smallest absolute Gasteiger partial charge is 0.309 e. The summed E-state index contributed by atoms with van der Waals surface area (Å²) in [6, 6.07) is 3.82. The number of amides is 1. The molecule has 7 heteroatoms. The van der Waals surface area contributed by atoms with Crippen LogP contribution in [0.25, 0.3) is 0 Å². The number of hydrogen-bond donors (Lipinski definition) is 2. The molecular weight excluding hydrogens is 296 g/mol. The third kappa shape index (κ3) is 2.65. The third-order valence-corrected chi connectivity index (χ3v) is 5.41. The van der Waals surface area contributed by atoms with Crippen LogP contribution in [0.2, 0.25) is 0 Å². The molecule has 0 aromatic carbocycles. The van der Waals surface area contributed by atoms with Gasteiger partial charge < -0.3 is 15.7 Å². The van der Waals surface area contributed by atoms with Crippen molar-refractivity contribution in [1.29, 1.82) is 0 Å². The molecule has 0 aliphatic carbocycles. The molecule has 1 unspecified atom stereocenters. The summed E-state index contributed by atoms with van der Waals surface area (Å²) in [4.78, 5) is 31.6. The van der Waals surface area contributed by atoms with Gasteiger partial charge in [0.15, 0.2) is 0 Å². The van der Waals surface area contributed by atoms with Crippen molar-refractivity contribution in [3.05, 3.63) is 23.9 Å². The average molecular weight is 318 g/mol. The number of carbonyl (C=O) groups excluding carboxylic acids is 1. The maximum Gasteiger partial charge on any atom is 0.309 e. The molecule has 2 fully saturated rings. The van der Waals surface area contributed by atoms with Gasteiger partial charge in [0.05, 0.1) is 11.5 Å². The zero-order valence-electron chi connectivity index (χ0n) is 13.2. The number of hydrogen-bond acceptors (Lipinski definition) is 5. The summed E-state index contributed by atoms with van der Waals surface area (Å²) in [6.07, 6.45) is 3.13. The zero-order valence-corrected chi connectivity index (χ0v) is 13.2. The quantitative estimate of drug-likeness (QED) is 0.845. The van der Waals surface area contributed by atoms with Crippen molar-refractivity contribution in [3.63, 3.8) is 0 Å². The van der Waals surface area contributed by atoms with E-state index in [1.807, 2.05) is 12.1 Å². The van der Waals surface area contributed by atoms with Gasteiger partial charge in [-0.2, -0.15) is 0 Å². The van der Waals surface area contributed by atoms with Crippen LogP contribution in [0.5, 0.6) is 0 Å². The summed E-state index contributed by atoms with van der Waals surface area (Å²) in [5, 5.41) is 9.49. The predicted molar refractivity (Wildman–Crippen MR) is 84.4 cm³/mol. The second kappa shape index (κ2) is 5.81. The Balaban J connectivity index is 1.71. The summed E-state index contributed by atoms with van der Waals surface area (Å²) in [7, 11) is 1.74. The monoisotopic (exact) mass is 318 g/mol. The first-order valence-corrected chi connectivity index (χ1v) is 7.85. The van der Waals surface area contributed by atoms with Crippen molar-refractivity contribution < 1.29 is 14.7 Å². The average Bonchev–Trinajstić information content (AvgIpc) is 2.77. The van der Waals surface area contributed by atoms with Crippen LogP contribution in [0.4, 0.5) is 5.82 Å². The van der Waals surface area contributed by atoms with Gasteiger partial charge in [-0.1, -0.05) is 6.07 Å². The Labute approximate surface area is 135 Å². The number of carboxylic acids is 1. The molecule has 3 rings (SSSR count). The number of piperidine rings is 1. The Morgan fingerprint density at radius 3 is 2.78 bits per heavy atom. The van der Waals surface area contributed by atoms with E-state index in [4.69, 9.17) is 5.73 Å². The lowest BCUT2D eigenvalue weighted by Gasteiger charge is -2.45. The number of nitrogen functional groups attached to an aromatic ring is 1. The first-order chi connectivity index (χ1) is 10.9. The van der Waals surface area contributed by atoms with Crippen molar-refractivity contribution in [3.8, 4) is 0 Å². The molecule has 3 N–H and O–H groups in total. The molecule has 7 nitrogen and oxygen atoms in total. The molecule has 1 amide bonds. The number of aromatic nitrogens is 1. The standard InChI is InChI=1S/C16H22N4O3/c1-19-13(21)9-12(15(22)23)16(19)4-7-20(8-5-16)10-11-3-2-6-18-14(11)17/h2-3,6,12H,4-5,7-10H2,1H3,(H2,17,18)(H,22,23). The summed E-state index contributed by atoms with van der Waals surface area (Å²) in [6.45, 7) is 2.19. The van der Waals surface area contributed by atoms with E-state index in [-0.39, 0.29) is 12.3 Å². The fraction of sp³-hybridized carbons (Fsp3) is 0.562. The third-order valence-electron chi connectivity index (χ3n) is 5.41. The molecule has 0 bridgehead atoms. The van der Waals surface area contributed by atoms with Crippen LogP contribution in [0.1, 0.15) is 24.8 Å². The lowest BCUT2D eigenvalue weighted by Crippen LogP contribution is -2.55. The second-order valence-corrected chi connectivity index (χ2v) is 6.48. The predicted octanol–water partition coefficient (Wildman–Crippen LogP) is 0.561. The lowest BCUT2D eigenvalue weighted by molar-refractivity contribution is -0.146. The lowest BCUT2D eigenvalue weighted by atomic mass is 9.77. The van der Waals surface area contributed by atoms with Gasteiger partial charge in [-0.15, -0.1) is 0 Å². The van der Waals surface area contributed by atoms with Crippen molar-refractivity contribution in [1.82, 2.24) is 14.8 Å². The van der Waals surface area contributed by atoms with Crippen LogP contribution >= 0.6 is 0 Å². The Bertz CT molecular complexity index is 626. The molecule has 2 aliphatic rings. The van der Waals surface area contributed by atoms with Crippen LogP contribution in [-0.4, -0.2) is 57.4 Å². The SMILES string of the molecule is CN1C(=O)CC(C(=O)O)C12CCN(Cc1cccnc1N)CC2. The number of rotatable bonds is 3. The molecule has 3 heterocycles. The van der Waals surface area contributed by atoms with Crippen molar-refractivity contribution >= 4 is 17.7 Å². The van der Waals surface area contributed by atoms with Gasteiger partial charge in [0.25, 0.3) is 0 Å². The number of nitrogens with zero attached hydrogens (tertiary/aromatic N) is 3. The van der Waals surface area contributed by atoms with Crippen molar-refractivity contribution in [2.24, 2.45) is 5.92 Å². The summed E-state index contributed by atoms with van der Waals surface area (Å²) in [5.41, 5.74) is 6.33. The first kappa shape index (κ1) is 15.7. The number of carbonyl (C=O) groups is 2. The Morgan fingerprint density at radius 1 is 1.48 bits per heavy atom. The Morgan fingerprint density at radius 2 is 2.17 bits per heavy atom. The highest BCUT2D eigenvalue weighted by Crippen LogP contribution is 2.43. The zero-order chi connectivity index (χ0) is 16.6. The van der Waals surface area contributed by atoms with E-state index in [9.17, 15) is 14.7 Å². The maximum atomic E-state index is 12.0. The molecule has 1 aromatic rings. The molecule has 2 aliphatic heterocycles. The number of likely N-dealkylation sites (tertiary alicyclic amines) is 2. The largest absolute Gasteiger partial charge is 0.481 e. The number of aliphatic carboxylic acids is 1. The Kier molecular flexibility index (Phi) is 3.97. The maximum absolute atomic E-state index is 12.0. The first-order valence-electron chi connectivity index (χ1n) is 7.85. The van der Waals surface area contributed by atoms with Crippen LogP contribution < -0.4 is 5.73 Å². The van der Waals surface area contributed by atoms with Crippen molar-refractivity contribution in [2.75, 3.05) is 25.9 Å². The molecule has 1 aromatic heterocycles. The fourth-order valence-corrected chi connectivity index (χ4v) is 3.91. The molecule has 124 valence electrons. The topological polar surface area (TPSA) is 99.8 Å². The van der Waals surface area contributed by atoms with Crippen LogP contribution in [-0.2, 0) is 16.1 Å². The van der Waals surface area contributed by atoms with E-state index < -0.39 is 17.4 Å². The normalized spacial score (nSPS) is 24.3. The highest BCUT2D eigenvalue weighted by molar-refractivity contribution is 5.88. The van der Waals surface area contributed by atoms with Gasteiger partial charge in [0.2, 0.25) is 5.91 Å². The minimum Gasteiger partial charge on any atom is -0.481 e. The summed E-state index contributed by atoms with van der Waals surface area (Å²) < 4.78 is 0. The van der Waals surface area contributed by atoms with Crippen LogP contribution in [0.3, 0.4) is 0 Å². The molecule has 1 atom stereocenters. The Hall–Kier alpha value is -2.15.